The van der Waals surface area contributed by atoms with E-state index in [1.165, 1.54) is 18.9 Å². The maximum absolute atomic E-state index is 17.5. The van der Waals surface area contributed by atoms with Crippen molar-refractivity contribution >= 4 is 44.5 Å². The van der Waals surface area contributed by atoms with Crippen LogP contribution in [0.15, 0.2) is 30.4 Å². The minimum absolute atomic E-state index is 0.0696. The standard InChI is InChI=1S/C43H56FN3O9S/c1-26-36-35(30-20-29(54-7)15-16-31(30)45-26)41(6,44)24-42(56-36)22-32-33(48)23-43(38(51)46-57(52,53)40(5)17-18-40)21-28(43)14-12-10-8-9-11-13-27(37(50)47(32)25-42)19-34(49)55-39(2,3)4/h12,14-16,20,27-28,32H,8-11,13,17-19,21-25H2,1-7H3,(H,46,51)/b14-12-/t27-,28-,32+,41-,42+,43-/m1/s1. The summed E-state index contributed by atoms with van der Waals surface area (Å²) >= 11 is 0. The van der Waals surface area contributed by atoms with Gasteiger partial charge in [-0.25, -0.2) is 17.8 Å². The van der Waals surface area contributed by atoms with Gasteiger partial charge >= 0.3 is 5.97 Å². The van der Waals surface area contributed by atoms with Crippen molar-refractivity contribution in [3.63, 3.8) is 0 Å². The highest BCUT2D eigenvalue weighted by atomic mass is 32.2. The molecule has 12 nitrogen and oxygen atoms in total. The van der Waals surface area contributed by atoms with E-state index in [1.54, 1.807) is 52.8 Å². The molecule has 14 heteroatoms. The number of hydrogen-bond donors (Lipinski definition) is 1. The lowest BCUT2D eigenvalue weighted by Crippen LogP contribution is -2.49. The molecule has 1 aromatic heterocycles. The van der Waals surface area contributed by atoms with Crippen molar-refractivity contribution in [3.05, 3.63) is 41.6 Å². The molecular weight excluding hydrogens is 754 g/mol. The number of carbonyl (C=O) groups is 4. The van der Waals surface area contributed by atoms with Gasteiger partial charge in [-0.15, -0.1) is 0 Å². The van der Waals surface area contributed by atoms with Crippen LogP contribution in [-0.2, 0) is 39.6 Å². The molecule has 1 spiro atoms. The Hall–Kier alpha value is -4.07. The number of methoxy groups -OCH3 is 1. The molecule has 3 fully saturated rings. The van der Waals surface area contributed by atoms with E-state index in [4.69, 9.17) is 19.2 Å². The quantitative estimate of drug-likeness (QED) is 0.246. The summed E-state index contributed by atoms with van der Waals surface area (Å²) in [5.74, 6) is -2.58. The number of aryl methyl sites for hydroxylation is 1. The molecule has 57 heavy (non-hydrogen) atoms. The Morgan fingerprint density at radius 1 is 1.11 bits per heavy atom. The Morgan fingerprint density at radius 3 is 2.53 bits per heavy atom. The van der Waals surface area contributed by atoms with Gasteiger partial charge in [0.25, 0.3) is 0 Å². The van der Waals surface area contributed by atoms with Crippen LogP contribution in [0.3, 0.4) is 0 Å². The number of amides is 2. The molecule has 2 aliphatic carbocycles. The van der Waals surface area contributed by atoms with Gasteiger partial charge in [0, 0.05) is 36.1 Å². The van der Waals surface area contributed by atoms with Crippen LogP contribution >= 0.6 is 0 Å². The maximum atomic E-state index is 17.5. The van der Waals surface area contributed by atoms with E-state index in [0.29, 0.717) is 60.0 Å². The van der Waals surface area contributed by atoms with Crippen molar-refractivity contribution in [2.24, 2.45) is 17.3 Å². The number of benzene rings is 1. The third-order valence-corrected chi connectivity index (χ3v) is 14.9. The SMILES string of the molecule is COc1ccc2nc(C)c3c(c2c1)[C@](C)(F)C[C@]1(C[C@H]2C(=O)C[C@]4(C(=O)NS(=O)(=O)C5(C)CC5)C[C@H]4/C=C\CCCCC[C@H](CC(=O)OC(C)(C)C)C(=O)N2C1)O3. The molecule has 0 radical (unpaired) electrons. The lowest BCUT2D eigenvalue weighted by Gasteiger charge is -2.42. The predicted octanol–water partition coefficient (Wildman–Crippen LogP) is 6.69. The Morgan fingerprint density at radius 2 is 1.84 bits per heavy atom. The third kappa shape index (κ3) is 7.91. The van der Waals surface area contributed by atoms with Gasteiger partial charge in [0.1, 0.15) is 28.4 Å². The highest BCUT2D eigenvalue weighted by Crippen LogP contribution is 2.59. The summed E-state index contributed by atoms with van der Waals surface area (Å²) in [6, 6.07) is 4.10. The van der Waals surface area contributed by atoms with E-state index in [-0.39, 0.29) is 50.3 Å². The van der Waals surface area contributed by atoms with E-state index in [1.807, 2.05) is 12.2 Å². The molecule has 1 saturated heterocycles. The summed E-state index contributed by atoms with van der Waals surface area (Å²) in [6.07, 6.45) is 7.54. The van der Waals surface area contributed by atoms with Crippen molar-refractivity contribution in [2.45, 2.75) is 146 Å². The number of carbonyl (C=O) groups excluding carboxylic acids is 4. The summed E-state index contributed by atoms with van der Waals surface area (Å²) in [4.78, 5) is 63.2. The van der Waals surface area contributed by atoms with Crippen LogP contribution in [0.1, 0.15) is 123 Å². The smallest absolute Gasteiger partial charge is 0.307 e. The van der Waals surface area contributed by atoms with E-state index in [9.17, 15) is 27.6 Å². The molecule has 310 valence electrons. The molecule has 3 aliphatic heterocycles. The highest BCUT2D eigenvalue weighted by Gasteiger charge is 2.64. The molecule has 6 atom stereocenters. The number of Topliss-reactive ketones (excluding diaryl/α,β-unsaturated/α-hetero) is 1. The molecule has 7 rings (SSSR count). The van der Waals surface area contributed by atoms with Crippen LogP contribution in [0.2, 0.25) is 0 Å². The topological polar surface area (TPSA) is 158 Å². The number of halogens is 1. The maximum Gasteiger partial charge on any atom is 0.307 e. The number of aromatic nitrogens is 1. The second kappa shape index (κ2) is 14.3. The van der Waals surface area contributed by atoms with Crippen molar-refractivity contribution in [1.82, 2.24) is 14.6 Å². The highest BCUT2D eigenvalue weighted by molar-refractivity contribution is 7.91. The van der Waals surface area contributed by atoms with Crippen LogP contribution < -0.4 is 14.2 Å². The minimum atomic E-state index is -3.99. The van der Waals surface area contributed by atoms with Crippen LogP contribution in [0.4, 0.5) is 4.39 Å². The summed E-state index contributed by atoms with van der Waals surface area (Å²) in [5.41, 5.74) is -4.14. The first-order valence-electron chi connectivity index (χ1n) is 20.3. The zero-order valence-corrected chi connectivity index (χ0v) is 35.0. The molecule has 0 bridgehead atoms. The Balaban J connectivity index is 1.28. The first-order valence-corrected chi connectivity index (χ1v) is 21.8. The van der Waals surface area contributed by atoms with E-state index in [0.717, 1.165) is 12.8 Å². The zero-order chi connectivity index (χ0) is 41.3. The predicted molar refractivity (Wildman–Crippen MR) is 211 cm³/mol. The van der Waals surface area contributed by atoms with E-state index < -0.39 is 72.6 Å². The average Bonchev–Trinajstić information content (AvgIpc) is 4.00. The number of rotatable bonds is 6. The molecule has 2 amide bonds. The van der Waals surface area contributed by atoms with Crippen molar-refractivity contribution < 1.29 is 46.2 Å². The first-order chi connectivity index (χ1) is 26.6. The van der Waals surface area contributed by atoms with Crippen LogP contribution in [-0.4, -0.2) is 77.5 Å². The Kier molecular flexibility index (Phi) is 10.3. The second-order valence-corrected chi connectivity index (χ2v) is 20.9. The lowest BCUT2D eigenvalue weighted by atomic mass is 9.78. The van der Waals surface area contributed by atoms with Gasteiger partial charge in [-0.2, -0.15) is 0 Å². The average molecular weight is 810 g/mol. The molecule has 1 N–H and O–H groups in total. The normalized spacial score (nSPS) is 31.9. The fourth-order valence-electron chi connectivity index (χ4n) is 9.30. The van der Waals surface area contributed by atoms with E-state index in [2.05, 4.69) is 4.72 Å². The van der Waals surface area contributed by atoms with Crippen molar-refractivity contribution in [3.8, 4) is 11.5 Å². The number of fused-ring (bicyclic) bond motifs is 5. The van der Waals surface area contributed by atoms with Crippen LogP contribution in [0, 0.1) is 24.2 Å². The van der Waals surface area contributed by atoms with Gasteiger partial charge in [-0.1, -0.05) is 25.0 Å². The fourth-order valence-corrected chi connectivity index (χ4v) is 10.6. The summed E-state index contributed by atoms with van der Waals surface area (Å²) < 4.78 is 63.2. The van der Waals surface area contributed by atoms with Crippen molar-refractivity contribution in [1.29, 1.82) is 0 Å². The van der Waals surface area contributed by atoms with Gasteiger partial charge in [-0.3, -0.25) is 23.9 Å². The summed E-state index contributed by atoms with van der Waals surface area (Å²) in [5, 5.41) is 0.531. The zero-order valence-electron chi connectivity index (χ0n) is 34.2. The molecule has 0 unspecified atom stereocenters. The summed E-state index contributed by atoms with van der Waals surface area (Å²) in [7, 11) is -2.47. The molecule has 2 saturated carbocycles. The molecule has 1 aromatic carbocycles. The molecule has 5 aliphatic rings. The van der Waals surface area contributed by atoms with Gasteiger partial charge in [0.15, 0.2) is 5.78 Å². The molecular formula is C43H56FN3O9S. The number of ketones is 1. The first kappa shape index (κ1) is 41.1. The Bertz CT molecular complexity index is 2140. The van der Waals surface area contributed by atoms with E-state index >= 15 is 4.39 Å². The third-order valence-electron chi connectivity index (χ3n) is 12.7. The number of hydrogen-bond acceptors (Lipinski definition) is 10. The van der Waals surface area contributed by atoms with Gasteiger partial charge in [-0.05, 0) is 104 Å². The van der Waals surface area contributed by atoms with Gasteiger partial charge in [0.05, 0.1) is 47.5 Å². The van der Waals surface area contributed by atoms with Gasteiger partial charge < -0.3 is 19.1 Å². The summed E-state index contributed by atoms with van der Waals surface area (Å²) in [6.45, 7) is 9.93. The van der Waals surface area contributed by atoms with Crippen LogP contribution in [0.5, 0.6) is 11.5 Å². The van der Waals surface area contributed by atoms with Gasteiger partial charge in [0.2, 0.25) is 21.8 Å². The van der Waals surface area contributed by atoms with Crippen LogP contribution in [0.25, 0.3) is 10.9 Å². The Labute approximate surface area is 334 Å². The lowest BCUT2D eigenvalue weighted by molar-refractivity contribution is -0.159. The number of ether oxygens (including phenoxy) is 3. The minimum Gasteiger partial charge on any atom is -0.497 e. The largest absolute Gasteiger partial charge is 0.497 e. The number of esters is 1. The fraction of sp³-hybridized carbons (Fsp3) is 0.651. The number of alkyl halides is 1. The number of pyridine rings is 1. The number of allylic oxidation sites excluding steroid dienone is 2. The molecule has 2 aromatic rings. The number of sulfonamides is 1. The second-order valence-electron chi connectivity index (χ2n) is 18.7. The van der Waals surface area contributed by atoms with Crippen molar-refractivity contribution in [2.75, 3.05) is 13.7 Å². The number of nitrogens with one attached hydrogen (secondary N) is 1. The number of nitrogens with zero attached hydrogens (tertiary/aromatic N) is 2. The molecule has 4 heterocycles. The monoisotopic (exact) mass is 809 g/mol.